The number of hydrogen-bond donors (Lipinski definition) is 1. The molecule has 0 radical (unpaired) electrons. The number of amides is 1. The van der Waals surface area contributed by atoms with Gasteiger partial charge < -0.3 is 19.5 Å². The molecule has 0 aliphatic carbocycles. The lowest BCUT2D eigenvalue weighted by atomic mass is 10.0. The van der Waals surface area contributed by atoms with Crippen LogP contribution in [-0.4, -0.2) is 58.8 Å². The van der Waals surface area contributed by atoms with Gasteiger partial charge in [0.1, 0.15) is 5.75 Å². The summed E-state index contributed by atoms with van der Waals surface area (Å²) in [6, 6.07) is 10.6. The molecular formula is C22H28N2O6S. The monoisotopic (exact) mass is 448 g/mol. The minimum Gasteiger partial charge on any atom is -0.497 e. The maximum Gasteiger partial charge on any atom is 0.251 e. The summed E-state index contributed by atoms with van der Waals surface area (Å²) >= 11 is 0. The second kappa shape index (κ2) is 10.0. The Morgan fingerprint density at radius 2 is 1.74 bits per heavy atom. The van der Waals surface area contributed by atoms with Crippen LogP contribution in [-0.2, 0) is 23.0 Å². The Kier molecular flexibility index (Phi) is 7.40. The quantitative estimate of drug-likeness (QED) is 0.591. The first-order valence-electron chi connectivity index (χ1n) is 10.0. The first-order chi connectivity index (χ1) is 14.9. The standard InChI is InChI=1S/C22H28N2O6S/c1-28-19-7-4-6-17(12-19)22(25)23-9-5-11-31(26,27)24-10-8-16-13-20(29-2)21(30-3)14-18(16)15-24/h4,6-7,12-14H,5,8-11,15H2,1-3H3,(H,23,25). The molecule has 0 fully saturated rings. The van der Waals surface area contributed by atoms with Gasteiger partial charge in [0.05, 0.1) is 27.1 Å². The lowest BCUT2D eigenvalue weighted by Crippen LogP contribution is -2.38. The molecule has 0 bridgehead atoms. The van der Waals surface area contributed by atoms with Gasteiger partial charge in [0.2, 0.25) is 10.0 Å². The van der Waals surface area contributed by atoms with Crippen LogP contribution < -0.4 is 19.5 Å². The average molecular weight is 449 g/mol. The fourth-order valence-electron chi connectivity index (χ4n) is 3.55. The summed E-state index contributed by atoms with van der Waals surface area (Å²) in [4.78, 5) is 12.2. The van der Waals surface area contributed by atoms with E-state index in [0.29, 0.717) is 48.7 Å². The van der Waals surface area contributed by atoms with Gasteiger partial charge in [0, 0.05) is 25.2 Å². The average Bonchev–Trinajstić information content (AvgIpc) is 2.80. The SMILES string of the molecule is COc1cccc(C(=O)NCCCS(=O)(=O)N2CCc3cc(OC)c(OC)cc3C2)c1. The van der Waals surface area contributed by atoms with Crippen LogP contribution in [0.2, 0.25) is 0 Å². The number of fused-ring (bicyclic) bond motifs is 1. The number of carbonyl (C=O) groups excluding carboxylic acids is 1. The van der Waals surface area contributed by atoms with Crippen molar-refractivity contribution >= 4 is 15.9 Å². The van der Waals surface area contributed by atoms with E-state index in [-0.39, 0.29) is 18.2 Å². The molecule has 0 unspecified atom stereocenters. The van der Waals surface area contributed by atoms with E-state index in [2.05, 4.69) is 5.32 Å². The van der Waals surface area contributed by atoms with Crippen molar-refractivity contribution in [3.63, 3.8) is 0 Å². The van der Waals surface area contributed by atoms with Gasteiger partial charge in [-0.2, -0.15) is 4.31 Å². The Bertz CT molecular complexity index is 1040. The van der Waals surface area contributed by atoms with E-state index in [4.69, 9.17) is 14.2 Å². The number of hydrogen-bond acceptors (Lipinski definition) is 6. The van der Waals surface area contributed by atoms with E-state index < -0.39 is 10.0 Å². The van der Waals surface area contributed by atoms with Gasteiger partial charge in [-0.05, 0) is 54.3 Å². The van der Waals surface area contributed by atoms with Gasteiger partial charge in [-0.25, -0.2) is 8.42 Å². The third kappa shape index (κ3) is 5.48. The Labute approximate surface area is 183 Å². The summed E-state index contributed by atoms with van der Waals surface area (Å²) in [5, 5.41) is 2.76. The van der Waals surface area contributed by atoms with Crippen molar-refractivity contribution in [1.29, 1.82) is 0 Å². The van der Waals surface area contributed by atoms with Gasteiger partial charge in [-0.3, -0.25) is 4.79 Å². The maximum absolute atomic E-state index is 12.8. The van der Waals surface area contributed by atoms with Crippen molar-refractivity contribution in [2.24, 2.45) is 0 Å². The van der Waals surface area contributed by atoms with Crippen molar-refractivity contribution < 1.29 is 27.4 Å². The Morgan fingerprint density at radius 1 is 1.03 bits per heavy atom. The molecule has 0 saturated carbocycles. The first-order valence-corrected chi connectivity index (χ1v) is 11.6. The first kappa shape index (κ1) is 22.9. The van der Waals surface area contributed by atoms with Crippen molar-refractivity contribution in [3.8, 4) is 17.2 Å². The van der Waals surface area contributed by atoms with Gasteiger partial charge in [0.15, 0.2) is 11.5 Å². The number of methoxy groups -OCH3 is 3. The minimum atomic E-state index is -3.44. The predicted molar refractivity (Wildman–Crippen MR) is 117 cm³/mol. The van der Waals surface area contributed by atoms with E-state index in [1.165, 1.54) is 11.4 Å². The van der Waals surface area contributed by atoms with Crippen LogP contribution in [0, 0.1) is 0 Å². The third-order valence-electron chi connectivity index (χ3n) is 5.27. The summed E-state index contributed by atoms with van der Waals surface area (Å²) in [5.41, 5.74) is 2.45. The molecule has 9 heteroatoms. The lowest BCUT2D eigenvalue weighted by Gasteiger charge is -2.29. The number of nitrogens with one attached hydrogen (secondary N) is 1. The molecule has 0 atom stereocenters. The number of rotatable bonds is 9. The van der Waals surface area contributed by atoms with E-state index in [0.717, 1.165) is 11.1 Å². The van der Waals surface area contributed by atoms with Crippen molar-refractivity contribution in [3.05, 3.63) is 53.1 Å². The highest BCUT2D eigenvalue weighted by Gasteiger charge is 2.27. The van der Waals surface area contributed by atoms with E-state index >= 15 is 0 Å². The molecule has 1 aliphatic rings. The van der Waals surface area contributed by atoms with Crippen LogP contribution in [0.4, 0.5) is 0 Å². The van der Waals surface area contributed by atoms with Gasteiger partial charge >= 0.3 is 0 Å². The van der Waals surface area contributed by atoms with Gasteiger partial charge in [-0.15, -0.1) is 0 Å². The Balaban J connectivity index is 1.55. The molecule has 1 N–H and O–H groups in total. The van der Waals surface area contributed by atoms with Gasteiger partial charge in [0.25, 0.3) is 5.91 Å². The van der Waals surface area contributed by atoms with Gasteiger partial charge in [-0.1, -0.05) is 6.07 Å². The van der Waals surface area contributed by atoms with Crippen molar-refractivity contribution in [2.75, 3.05) is 40.2 Å². The van der Waals surface area contributed by atoms with Crippen LogP contribution in [0.5, 0.6) is 17.2 Å². The summed E-state index contributed by atoms with van der Waals surface area (Å²) < 4.78 is 42.9. The smallest absolute Gasteiger partial charge is 0.251 e. The van der Waals surface area contributed by atoms with E-state index in [1.54, 1.807) is 38.5 Å². The molecule has 31 heavy (non-hydrogen) atoms. The number of carbonyl (C=O) groups is 1. The summed E-state index contributed by atoms with van der Waals surface area (Å²) in [5.74, 6) is 1.53. The molecule has 2 aromatic carbocycles. The van der Waals surface area contributed by atoms with Crippen molar-refractivity contribution in [2.45, 2.75) is 19.4 Å². The summed E-state index contributed by atoms with van der Waals surface area (Å²) in [6.45, 7) is 0.986. The molecule has 3 rings (SSSR count). The largest absolute Gasteiger partial charge is 0.497 e. The number of nitrogens with zero attached hydrogens (tertiary/aromatic N) is 1. The lowest BCUT2D eigenvalue weighted by molar-refractivity contribution is 0.0953. The topological polar surface area (TPSA) is 94.2 Å². The molecule has 8 nitrogen and oxygen atoms in total. The van der Waals surface area contributed by atoms with Crippen LogP contribution in [0.25, 0.3) is 0 Å². The molecular weight excluding hydrogens is 420 g/mol. The molecule has 0 spiro atoms. The Morgan fingerprint density at radius 3 is 2.42 bits per heavy atom. The van der Waals surface area contributed by atoms with Crippen LogP contribution in [0.15, 0.2) is 36.4 Å². The number of sulfonamides is 1. The fourth-order valence-corrected chi connectivity index (χ4v) is 5.02. The molecule has 168 valence electrons. The summed E-state index contributed by atoms with van der Waals surface area (Å²) in [6.07, 6.45) is 0.939. The molecule has 2 aromatic rings. The zero-order valence-electron chi connectivity index (χ0n) is 18.0. The normalized spacial score (nSPS) is 13.9. The van der Waals surface area contributed by atoms with Crippen LogP contribution >= 0.6 is 0 Å². The van der Waals surface area contributed by atoms with Crippen LogP contribution in [0.1, 0.15) is 27.9 Å². The molecule has 0 saturated heterocycles. The highest BCUT2D eigenvalue weighted by Crippen LogP contribution is 2.33. The molecule has 1 heterocycles. The molecule has 1 aliphatic heterocycles. The number of benzene rings is 2. The Hall–Kier alpha value is -2.78. The zero-order chi connectivity index (χ0) is 22.4. The second-order valence-corrected chi connectivity index (χ2v) is 9.31. The predicted octanol–water partition coefficient (Wildman–Crippen LogP) is 2.22. The highest BCUT2D eigenvalue weighted by molar-refractivity contribution is 7.89. The van der Waals surface area contributed by atoms with Crippen molar-refractivity contribution in [1.82, 2.24) is 9.62 Å². The molecule has 0 aromatic heterocycles. The second-order valence-electron chi connectivity index (χ2n) is 7.22. The minimum absolute atomic E-state index is 0.0337. The summed E-state index contributed by atoms with van der Waals surface area (Å²) in [7, 11) is 1.23. The third-order valence-corrected chi connectivity index (χ3v) is 7.18. The zero-order valence-corrected chi connectivity index (χ0v) is 18.8. The molecule has 1 amide bonds. The van der Waals surface area contributed by atoms with E-state index in [1.807, 2.05) is 12.1 Å². The fraction of sp³-hybridized carbons (Fsp3) is 0.409. The maximum atomic E-state index is 12.8. The highest BCUT2D eigenvalue weighted by atomic mass is 32.2. The van der Waals surface area contributed by atoms with Crippen LogP contribution in [0.3, 0.4) is 0 Å². The van der Waals surface area contributed by atoms with E-state index in [9.17, 15) is 13.2 Å². The number of ether oxygens (including phenoxy) is 3.